The van der Waals surface area contributed by atoms with Gasteiger partial charge in [0.05, 0.1) is 22.4 Å². The molecule has 1 heterocycles. The van der Waals surface area contributed by atoms with Crippen LogP contribution in [0, 0.1) is 0 Å². The largest absolute Gasteiger partial charge is 0.310 e. The van der Waals surface area contributed by atoms with E-state index in [1.54, 1.807) is 0 Å². The van der Waals surface area contributed by atoms with Gasteiger partial charge in [-0.1, -0.05) is 194 Å². The Morgan fingerprint density at radius 3 is 1.32 bits per heavy atom. The molecule has 2 nitrogen and oxygen atoms in total. The first-order chi connectivity index (χ1) is 29.8. The zero-order chi connectivity index (χ0) is 39.8. The van der Waals surface area contributed by atoms with E-state index in [2.05, 4.69) is 252 Å². The fourth-order valence-electron chi connectivity index (χ4n) is 9.06. The highest BCUT2D eigenvalue weighted by atomic mass is 15.1. The van der Waals surface area contributed by atoms with Crippen LogP contribution < -0.4 is 4.90 Å². The Morgan fingerprint density at radius 2 is 0.717 bits per heavy atom. The molecule has 10 aromatic carbocycles. The highest BCUT2D eigenvalue weighted by molar-refractivity contribution is 6.10. The molecular weight excluding hydrogens is 725 g/mol. The molecule has 11 aromatic rings. The minimum atomic E-state index is 1.09. The summed E-state index contributed by atoms with van der Waals surface area (Å²) in [5.74, 6) is 0. The van der Waals surface area contributed by atoms with Gasteiger partial charge < -0.3 is 9.47 Å². The van der Waals surface area contributed by atoms with Crippen molar-refractivity contribution in [2.75, 3.05) is 4.90 Å². The second-order valence-electron chi connectivity index (χ2n) is 15.3. The average molecular weight is 765 g/mol. The summed E-state index contributed by atoms with van der Waals surface area (Å²) in [6, 6.07) is 87.8. The molecule has 0 radical (unpaired) electrons. The third-order valence-corrected chi connectivity index (χ3v) is 11.8. The predicted molar refractivity (Wildman–Crippen MR) is 255 cm³/mol. The van der Waals surface area contributed by atoms with Crippen LogP contribution in [0.15, 0.2) is 243 Å². The van der Waals surface area contributed by atoms with Crippen LogP contribution in [0.25, 0.3) is 82.8 Å². The minimum Gasteiger partial charge on any atom is -0.310 e. The summed E-state index contributed by atoms with van der Waals surface area (Å²) in [5, 5.41) is 4.92. The van der Waals surface area contributed by atoms with Gasteiger partial charge in [-0.05, 0) is 92.9 Å². The van der Waals surface area contributed by atoms with Gasteiger partial charge in [-0.15, -0.1) is 0 Å². The Labute approximate surface area is 350 Å². The summed E-state index contributed by atoms with van der Waals surface area (Å²) in [4.78, 5) is 2.41. The molecule has 0 N–H and O–H groups in total. The zero-order valence-electron chi connectivity index (χ0n) is 33.0. The molecule has 0 aliphatic heterocycles. The van der Waals surface area contributed by atoms with Gasteiger partial charge in [0.25, 0.3) is 0 Å². The topological polar surface area (TPSA) is 8.17 Å². The Balaban J connectivity index is 1.08. The number of aromatic nitrogens is 1. The molecule has 0 amide bonds. The maximum atomic E-state index is 2.44. The van der Waals surface area contributed by atoms with Gasteiger partial charge in [-0.3, -0.25) is 0 Å². The van der Waals surface area contributed by atoms with Crippen molar-refractivity contribution >= 4 is 49.6 Å². The molecule has 1 aromatic heterocycles. The van der Waals surface area contributed by atoms with Crippen molar-refractivity contribution in [2.24, 2.45) is 0 Å². The van der Waals surface area contributed by atoms with E-state index in [1.165, 1.54) is 71.5 Å². The monoisotopic (exact) mass is 764 g/mol. The number of hydrogen-bond donors (Lipinski definition) is 0. The number of hydrogen-bond acceptors (Lipinski definition) is 1. The number of para-hydroxylation sites is 2. The molecule has 282 valence electrons. The van der Waals surface area contributed by atoms with E-state index in [0.717, 1.165) is 28.3 Å². The molecule has 0 fully saturated rings. The Morgan fingerprint density at radius 1 is 0.267 bits per heavy atom. The van der Waals surface area contributed by atoms with E-state index in [1.807, 2.05) is 0 Å². The summed E-state index contributed by atoms with van der Waals surface area (Å²) in [6.07, 6.45) is 0. The van der Waals surface area contributed by atoms with Gasteiger partial charge in [0.15, 0.2) is 0 Å². The molecule has 0 aliphatic carbocycles. The second-order valence-corrected chi connectivity index (χ2v) is 15.3. The fourth-order valence-corrected chi connectivity index (χ4v) is 9.06. The van der Waals surface area contributed by atoms with Crippen LogP contribution >= 0.6 is 0 Å². The highest BCUT2D eigenvalue weighted by Gasteiger charge is 2.21. The van der Waals surface area contributed by atoms with Gasteiger partial charge in [0.1, 0.15) is 0 Å². The van der Waals surface area contributed by atoms with Gasteiger partial charge in [0, 0.05) is 33.1 Å². The fraction of sp³-hybridized carbons (Fsp3) is 0. The highest BCUT2D eigenvalue weighted by Crippen LogP contribution is 2.45. The molecule has 60 heavy (non-hydrogen) atoms. The Hall–Kier alpha value is -7.94. The smallest absolute Gasteiger partial charge is 0.0546 e. The van der Waals surface area contributed by atoms with Gasteiger partial charge in [0.2, 0.25) is 0 Å². The van der Waals surface area contributed by atoms with Crippen LogP contribution in [0.4, 0.5) is 17.1 Å². The zero-order valence-corrected chi connectivity index (χ0v) is 33.0. The number of benzene rings is 10. The predicted octanol–water partition coefficient (Wildman–Crippen LogP) is 16.1. The summed E-state index contributed by atoms with van der Waals surface area (Å²) in [7, 11) is 0. The Kier molecular flexibility index (Phi) is 8.87. The normalized spacial score (nSPS) is 11.3. The van der Waals surface area contributed by atoms with E-state index in [0.29, 0.717) is 0 Å². The van der Waals surface area contributed by atoms with Gasteiger partial charge in [-0.2, -0.15) is 0 Å². The molecule has 0 bridgehead atoms. The molecule has 2 heteroatoms. The molecule has 0 aliphatic rings. The number of fused-ring (bicyclic) bond motifs is 4. The van der Waals surface area contributed by atoms with Crippen LogP contribution in [0.5, 0.6) is 0 Å². The summed E-state index contributed by atoms with van der Waals surface area (Å²) in [5.41, 5.74) is 16.4. The van der Waals surface area contributed by atoms with Gasteiger partial charge >= 0.3 is 0 Å². The first kappa shape index (κ1) is 35.2. The van der Waals surface area contributed by atoms with Crippen molar-refractivity contribution < 1.29 is 0 Å². The standard InChI is InChI=1S/C58H40N2/c1-4-17-41(18-5-1)42-31-35-46(36-32-42)59(56-40-39-48(43-19-6-2-7-20-43)50-23-10-11-24-51(50)56)47-37-33-44(34-38-47)49-27-16-30-57(58(49)45-21-8-3-9-22-45)60-54-28-14-12-25-52(54)53-26-13-15-29-55(53)60/h1-40H. The second kappa shape index (κ2) is 15.1. The lowest BCUT2D eigenvalue weighted by molar-refractivity contribution is 1.18. The summed E-state index contributed by atoms with van der Waals surface area (Å²) < 4.78 is 2.44. The average Bonchev–Trinajstić information content (AvgIpc) is 3.67. The minimum absolute atomic E-state index is 1.09. The number of anilines is 3. The van der Waals surface area contributed by atoms with E-state index < -0.39 is 0 Å². The van der Waals surface area contributed by atoms with E-state index in [9.17, 15) is 0 Å². The maximum Gasteiger partial charge on any atom is 0.0546 e. The number of rotatable bonds is 8. The van der Waals surface area contributed by atoms with Crippen LogP contribution in [0.1, 0.15) is 0 Å². The lowest BCUT2D eigenvalue weighted by Gasteiger charge is -2.28. The maximum absolute atomic E-state index is 2.44. The van der Waals surface area contributed by atoms with Crippen LogP contribution in [-0.4, -0.2) is 4.57 Å². The summed E-state index contributed by atoms with van der Waals surface area (Å²) in [6.45, 7) is 0. The quantitative estimate of drug-likeness (QED) is 0.150. The lowest BCUT2D eigenvalue weighted by atomic mass is 9.92. The number of nitrogens with zero attached hydrogens (tertiary/aromatic N) is 2. The van der Waals surface area contributed by atoms with Crippen molar-refractivity contribution in [3.05, 3.63) is 243 Å². The van der Waals surface area contributed by atoms with Crippen molar-refractivity contribution in [2.45, 2.75) is 0 Å². The van der Waals surface area contributed by atoms with Crippen molar-refractivity contribution in [1.29, 1.82) is 0 Å². The Bertz CT molecular complexity index is 3220. The molecule has 0 atom stereocenters. The van der Waals surface area contributed by atoms with Crippen molar-refractivity contribution in [3.8, 4) is 50.2 Å². The van der Waals surface area contributed by atoms with E-state index in [-0.39, 0.29) is 0 Å². The van der Waals surface area contributed by atoms with Crippen LogP contribution in [-0.2, 0) is 0 Å². The molecule has 0 saturated heterocycles. The third-order valence-electron chi connectivity index (χ3n) is 11.8. The van der Waals surface area contributed by atoms with Crippen LogP contribution in [0.3, 0.4) is 0 Å². The third kappa shape index (κ3) is 6.14. The van der Waals surface area contributed by atoms with Crippen molar-refractivity contribution in [3.63, 3.8) is 0 Å². The molecule has 0 unspecified atom stereocenters. The molecular formula is C58H40N2. The first-order valence-electron chi connectivity index (χ1n) is 20.6. The molecule has 0 saturated carbocycles. The SMILES string of the molecule is c1ccc(-c2ccc(N(c3ccc(-c4cccc(-n5c6ccccc6c6ccccc65)c4-c4ccccc4)cc3)c3ccc(-c4ccccc4)c4ccccc34)cc2)cc1. The molecule has 11 rings (SSSR count). The summed E-state index contributed by atoms with van der Waals surface area (Å²) >= 11 is 0. The molecule has 0 spiro atoms. The van der Waals surface area contributed by atoms with E-state index >= 15 is 0 Å². The van der Waals surface area contributed by atoms with E-state index in [4.69, 9.17) is 0 Å². The lowest BCUT2D eigenvalue weighted by Crippen LogP contribution is -2.10. The van der Waals surface area contributed by atoms with Crippen molar-refractivity contribution in [1.82, 2.24) is 4.57 Å². The first-order valence-corrected chi connectivity index (χ1v) is 20.6. The van der Waals surface area contributed by atoms with Crippen LogP contribution in [0.2, 0.25) is 0 Å². The van der Waals surface area contributed by atoms with Gasteiger partial charge in [-0.25, -0.2) is 0 Å².